The number of rotatable bonds is 6. The van der Waals surface area contributed by atoms with Crippen molar-refractivity contribution in [3.8, 4) is 22.6 Å². The van der Waals surface area contributed by atoms with Gasteiger partial charge in [-0.05, 0) is 48.0 Å². The molecule has 176 valence electrons. The van der Waals surface area contributed by atoms with Crippen molar-refractivity contribution >= 4 is 35.1 Å². The van der Waals surface area contributed by atoms with Crippen molar-refractivity contribution in [3.05, 3.63) is 65.4 Å². The van der Waals surface area contributed by atoms with E-state index in [0.717, 1.165) is 33.4 Å². The van der Waals surface area contributed by atoms with E-state index in [1.54, 1.807) is 26.6 Å². The minimum Gasteiger partial charge on any atom is -0.493 e. The van der Waals surface area contributed by atoms with Crippen molar-refractivity contribution in [3.63, 3.8) is 0 Å². The van der Waals surface area contributed by atoms with Crippen LogP contribution in [-0.2, 0) is 17.9 Å². The van der Waals surface area contributed by atoms with Gasteiger partial charge in [-0.2, -0.15) is 0 Å². The van der Waals surface area contributed by atoms with E-state index in [9.17, 15) is 4.79 Å². The van der Waals surface area contributed by atoms with Crippen molar-refractivity contribution in [2.24, 2.45) is 0 Å². The first-order chi connectivity index (χ1) is 16.0. The Morgan fingerprint density at radius 3 is 2.38 bits per heavy atom. The van der Waals surface area contributed by atoms with Crippen LogP contribution in [0.3, 0.4) is 0 Å². The molecule has 0 saturated heterocycles. The van der Waals surface area contributed by atoms with Crippen molar-refractivity contribution in [2.75, 3.05) is 26.2 Å². The van der Waals surface area contributed by atoms with Crippen molar-refractivity contribution in [1.82, 2.24) is 9.97 Å². The van der Waals surface area contributed by atoms with Crippen LogP contribution in [0.15, 0.2) is 47.1 Å². The lowest BCUT2D eigenvalue weighted by molar-refractivity contribution is 0.0535. The monoisotopic (exact) mass is 481 g/mol. The lowest BCUT2D eigenvalue weighted by Gasteiger charge is -2.17. The third-order valence-electron chi connectivity index (χ3n) is 5.75. The molecule has 9 heteroatoms. The number of esters is 1. The van der Waals surface area contributed by atoms with Gasteiger partial charge in [-0.3, -0.25) is 0 Å². The predicted molar refractivity (Wildman–Crippen MR) is 130 cm³/mol. The van der Waals surface area contributed by atoms with Gasteiger partial charge >= 0.3 is 5.97 Å². The molecule has 3 heterocycles. The van der Waals surface area contributed by atoms with Crippen molar-refractivity contribution in [2.45, 2.75) is 20.1 Å². The number of hydrogen-bond acceptors (Lipinski definition) is 8. The zero-order chi connectivity index (χ0) is 23.1. The fourth-order valence-electron chi connectivity index (χ4n) is 4.17. The fourth-order valence-corrected chi connectivity index (χ4v) is 4.17. The highest BCUT2D eigenvalue weighted by atomic mass is 35.5. The number of ether oxygens (including phenoxy) is 3. The fraction of sp³-hybridized carbons (Fsp3) is 0.240. The molecule has 0 bridgehead atoms. The number of cyclic esters (lactones) is 1. The minimum atomic E-state index is -0.355. The number of furan rings is 1. The molecule has 5 rings (SSSR count). The maximum absolute atomic E-state index is 12.6. The second-order valence-electron chi connectivity index (χ2n) is 7.93. The van der Waals surface area contributed by atoms with Gasteiger partial charge in [0.1, 0.15) is 18.1 Å². The molecule has 0 unspecified atom stereocenters. The number of methoxy groups -OCH3 is 2. The molecule has 0 saturated carbocycles. The minimum absolute atomic E-state index is 0. The van der Waals surface area contributed by atoms with Gasteiger partial charge in [-0.15, -0.1) is 12.4 Å². The quantitative estimate of drug-likeness (QED) is 0.358. The average Bonchev–Trinajstić information content (AvgIpc) is 3.41. The van der Waals surface area contributed by atoms with Crippen LogP contribution in [0.25, 0.3) is 21.9 Å². The number of nitrogens with zero attached hydrogens (tertiary/aromatic N) is 3. The lowest BCUT2D eigenvalue weighted by Crippen LogP contribution is -2.18. The van der Waals surface area contributed by atoms with Crippen LogP contribution in [0.4, 0.5) is 5.95 Å². The molecule has 4 aromatic rings. The normalized spacial score (nSPS) is 12.2. The first-order valence-electron chi connectivity index (χ1n) is 10.5. The summed E-state index contributed by atoms with van der Waals surface area (Å²) in [5, 5.41) is 1.75. The summed E-state index contributed by atoms with van der Waals surface area (Å²) in [4.78, 5) is 23.6. The Hall–Kier alpha value is -3.78. The van der Waals surface area contributed by atoms with Crippen molar-refractivity contribution in [1.29, 1.82) is 0 Å². The molecule has 0 amide bonds. The van der Waals surface area contributed by atoms with E-state index in [-0.39, 0.29) is 25.0 Å². The molecule has 2 aromatic heterocycles. The van der Waals surface area contributed by atoms with Crippen LogP contribution < -0.4 is 14.4 Å². The van der Waals surface area contributed by atoms with Crippen LogP contribution in [0.5, 0.6) is 11.5 Å². The average molecular weight is 482 g/mol. The number of halogens is 1. The SMILES string of the molecule is COc1cc2cc3c(c(-c4cnc(N(C)Cc5ccc(C)o5)nc4)c2cc1OC)C(=O)OC3.Cl. The number of fused-ring (bicyclic) bond motifs is 2. The summed E-state index contributed by atoms with van der Waals surface area (Å²) < 4.78 is 22.0. The Bertz CT molecular complexity index is 1370. The zero-order valence-corrected chi connectivity index (χ0v) is 20.1. The molecule has 34 heavy (non-hydrogen) atoms. The smallest absolute Gasteiger partial charge is 0.339 e. The first kappa shape index (κ1) is 23.4. The summed E-state index contributed by atoms with van der Waals surface area (Å²) in [7, 11) is 5.08. The van der Waals surface area contributed by atoms with E-state index in [0.29, 0.717) is 35.1 Å². The summed E-state index contributed by atoms with van der Waals surface area (Å²) in [6.45, 7) is 2.68. The molecular formula is C25H24ClN3O5. The number of aryl methyl sites for hydroxylation is 1. The van der Waals surface area contributed by atoms with Gasteiger partial charge < -0.3 is 23.5 Å². The second kappa shape index (κ2) is 9.23. The molecule has 0 N–H and O–H groups in total. The van der Waals surface area contributed by atoms with Crippen LogP contribution >= 0.6 is 12.4 Å². The van der Waals surface area contributed by atoms with Gasteiger partial charge in [0.25, 0.3) is 0 Å². The Morgan fingerprint density at radius 2 is 1.74 bits per heavy atom. The van der Waals surface area contributed by atoms with Gasteiger partial charge in [-0.1, -0.05) is 0 Å². The van der Waals surface area contributed by atoms with Crippen LogP contribution in [0.1, 0.15) is 27.4 Å². The zero-order valence-electron chi connectivity index (χ0n) is 19.2. The van der Waals surface area contributed by atoms with E-state index in [1.165, 1.54) is 0 Å². The summed E-state index contributed by atoms with van der Waals surface area (Å²) in [6, 6.07) is 9.59. The number of carbonyl (C=O) groups is 1. The molecule has 1 aliphatic rings. The van der Waals surface area contributed by atoms with E-state index < -0.39 is 0 Å². The highest BCUT2D eigenvalue weighted by Gasteiger charge is 2.28. The highest BCUT2D eigenvalue weighted by molar-refractivity contribution is 6.11. The summed E-state index contributed by atoms with van der Waals surface area (Å²) in [5.41, 5.74) is 2.80. The molecule has 0 atom stereocenters. The molecular weight excluding hydrogens is 458 g/mol. The van der Waals surface area contributed by atoms with Gasteiger partial charge in [0.2, 0.25) is 5.95 Å². The summed E-state index contributed by atoms with van der Waals surface area (Å²) >= 11 is 0. The Labute approximate surface area is 202 Å². The molecule has 8 nitrogen and oxygen atoms in total. The molecule has 0 radical (unpaired) electrons. The third kappa shape index (κ3) is 4.01. The summed E-state index contributed by atoms with van der Waals surface area (Å²) in [5.74, 6) is 3.07. The Balaban J connectivity index is 0.00000274. The topological polar surface area (TPSA) is 86.9 Å². The Kier molecular flexibility index (Phi) is 6.34. The molecule has 0 fully saturated rings. The van der Waals surface area contributed by atoms with Gasteiger partial charge in [0, 0.05) is 36.1 Å². The van der Waals surface area contributed by atoms with E-state index >= 15 is 0 Å². The van der Waals surface area contributed by atoms with Crippen LogP contribution in [-0.4, -0.2) is 37.2 Å². The molecule has 1 aliphatic heterocycles. The summed E-state index contributed by atoms with van der Waals surface area (Å²) in [6.07, 6.45) is 3.45. The number of benzene rings is 2. The number of hydrogen-bond donors (Lipinski definition) is 0. The maximum atomic E-state index is 12.6. The second-order valence-corrected chi connectivity index (χ2v) is 7.93. The van der Waals surface area contributed by atoms with Gasteiger partial charge in [0.15, 0.2) is 11.5 Å². The molecule has 0 aliphatic carbocycles. The van der Waals surface area contributed by atoms with Crippen LogP contribution in [0.2, 0.25) is 0 Å². The van der Waals surface area contributed by atoms with E-state index in [2.05, 4.69) is 9.97 Å². The molecule has 2 aromatic carbocycles. The van der Waals surface area contributed by atoms with Gasteiger partial charge in [-0.25, -0.2) is 14.8 Å². The largest absolute Gasteiger partial charge is 0.493 e. The predicted octanol–water partition coefficient (Wildman–Crippen LogP) is 4.94. The Morgan fingerprint density at radius 1 is 1.03 bits per heavy atom. The third-order valence-corrected chi connectivity index (χ3v) is 5.75. The lowest BCUT2D eigenvalue weighted by atomic mass is 9.91. The number of carbonyl (C=O) groups excluding carboxylic acids is 1. The molecule has 0 spiro atoms. The van der Waals surface area contributed by atoms with Crippen LogP contribution in [0, 0.1) is 6.92 Å². The standard InChI is InChI=1S/C25H23N3O5.ClH/c1-14-5-6-18(33-14)12-28(2)25-26-10-17(11-27-25)22-19-9-21(31-4)20(30-3)8-15(19)7-16-13-32-24(29)23(16)22;/h5-11H,12-13H2,1-4H3;1H. The van der Waals surface area contributed by atoms with E-state index in [4.69, 9.17) is 18.6 Å². The van der Waals surface area contributed by atoms with E-state index in [1.807, 2.05) is 49.2 Å². The van der Waals surface area contributed by atoms with Crippen molar-refractivity contribution < 1.29 is 23.4 Å². The van der Waals surface area contributed by atoms with Gasteiger partial charge in [0.05, 0.1) is 26.3 Å². The first-order valence-corrected chi connectivity index (χ1v) is 10.5. The number of aromatic nitrogens is 2. The highest BCUT2D eigenvalue weighted by Crippen LogP contribution is 2.42. The number of anilines is 1. The maximum Gasteiger partial charge on any atom is 0.339 e.